The van der Waals surface area contributed by atoms with E-state index in [1.807, 2.05) is 20.8 Å². The first-order valence-corrected chi connectivity index (χ1v) is 3.98. The van der Waals surface area contributed by atoms with Gasteiger partial charge in [0, 0.05) is 13.0 Å². The zero-order valence-corrected chi connectivity index (χ0v) is 7.61. The minimum Gasteiger partial charge on any atom is -0.356 e. The number of carbonyl (C=O) groups excluding carboxylic acids is 1. The second kappa shape index (κ2) is 4.34. The zero-order valence-electron chi connectivity index (χ0n) is 7.61. The number of nitrogens with two attached hydrogens (primary N) is 1. The van der Waals surface area contributed by atoms with Crippen molar-refractivity contribution in [3.8, 4) is 0 Å². The lowest BCUT2D eigenvalue weighted by atomic mass is 9.94. The standard InChI is InChI=1S/C8H18N2O/c1-4-7(11)10-6-8(2,3)5-9/h4-6,9H2,1-3H3,(H,10,11). The van der Waals surface area contributed by atoms with Crippen molar-refractivity contribution in [1.82, 2.24) is 5.32 Å². The highest BCUT2D eigenvalue weighted by Crippen LogP contribution is 2.09. The number of hydrogen-bond acceptors (Lipinski definition) is 2. The third-order valence-electron chi connectivity index (χ3n) is 1.64. The molecule has 0 heterocycles. The van der Waals surface area contributed by atoms with E-state index in [0.29, 0.717) is 19.5 Å². The van der Waals surface area contributed by atoms with Gasteiger partial charge in [0.25, 0.3) is 0 Å². The van der Waals surface area contributed by atoms with E-state index in [0.717, 1.165) is 0 Å². The van der Waals surface area contributed by atoms with E-state index in [4.69, 9.17) is 5.73 Å². The lowest BCUT2D eigenvalue weighted by molar-refractivity contribution is -0.121. The minimum atomic E-state index is 0.0187. The molecule has 3 heteroatoms. The molecule has 3 nitrogen and oxygen atoms in total. The molecule has 0 aromatic rings. The van der Waals surface area contributed by atoms with Crippen LogP contribution < -0.4 is 11.1 Å². The van der Waals surface area contributed by atoms with E-state index in [-0.39, 0.29) is 11.3 Å². The van der Waals surface area contributed by atoms with E-state index < -0.39 is 0 Å². The van der Waals surface area contributed by atoms with E-state index in [1.54, 1.807) is 0 Å². The molecule has 0 aromatic heterocycles. The summed E-state index contributed by atoms with van der Waals surface area (Å²) >= 11 is 0. The quantitative estimate of drug-likeness (QED) is 0.626. The van der Waals surface area contributed by atoms with Gasteiger partial charge in [0.05, 0.1) is 0 Å². The summed E-state index contributed by atoms with van der Waals surface area (Å²) in [5.41, 5.74) is 5.50. The highest BCUT2D eigenvalue weighted by atomic mass is 16.1. The molecule has 0 aromatic carbocycles. The molecule has 0 aliphatic rings. The molecule has 0 fully saturated rings. The monoisotopic (exact) mass is 158 g/mol. The van der Waals surface area contributed by atoms with Crippen LogP contribution in [0.1, 0.15) is 27.2 Å². The Morgan fingerprint density at radius 1 is 1.55 bits per heavy atom. The first kappa shape index (κ1) is 10.4. The number of amides is 1. The Morgan fingerprint density at radius 3 is 2.45 bits per heavy atom. The fourth-order valence-corrected chi connectivity index (χ4v) is 0.535. The number of nitrogens with one attached hydrogen (secondary N) is 1. The van der Waals surface area contributed by atoms with Crippen molar-refractivity contribution in [1.29, 1.82) is 0 Å². The predicted molar refractivity (Wildman–Crippen MR) is 46.1 cm³/mol. The molecule has 0 rings (SSSR count). The molecule has 1 amide bonds. The normalized spacial score (nSPS) is 11.3. The number of rotatable bonds is 4. The second-order valence-corrected chi connectivity index (χ2v) is 3.50. The van der Waals surface area contributed by atoms with E-state index in [2.05, 4.69) is 5.32 Å². The largest absolute Gasteiger partial charge is 0.356 e. The smallest absolute Gasteiger partial charge is 0.219 e. The fraction of sp³-hybridized carbons (Fsp3) is 0.875. The third kappa shape index (κ3) is 4.79. The van der Waals surface area contributed by atoms with Gasteiger partial charge in [0.15, 0.2) is 0 Å². The summed E-state index contributed by atoms with van der Waals surface area (Å²) in [4.78, 5) is 10.8. The molecular weight excluding hydrogens is 140 g/mol. The lowest BCUT2D eigenvalue weighted by Gasteiger charge is -2.22. The Morgan fingerprint density at radius 2 is 2.09 bits per heavy atom. The maximum absolute atomic E-state index is 10.8. The molecule has 0 radical (unpaired) electrons. The van der Waals surface area contributed by atoms with Crippen LogP contribution >= 0.6 is 0 Å². The Labute approximate surface area is 68.3 Å². The Bertz CT molecular complexity index is 132. The highest BCUT2D eigenvalue weighted by molar-refractivity contribution is 5.75. The summed E-state index contributed by atoms with van der Waals surface area (Å²) in [5, 5.41) is 2.80. The Hall–Kier alpha value is -0.570. The maximum Gasteiger partial charge on any atom is 0.219 e. The molecule has 0 bridgehead atoms. The van der Waals surface area contributed by atoms with E-state index in [1.165, 1.54) is 0 Å². The van der Waals surface area contributed by atoms with E-state index in [9.17, 15) is 4.79 Å². The molecule has 0 atom stereocenters. The van der Waals surface area contributed by atoms with Crippen LogP contribution in [0, 0.1) is 5.41 Å². The summed E-state index contributed by atoms with van der Waals surface area (Å²) in [6, 6.07) is 0. The van der Waals surface area contributed by atoms with Gasteiger partial charge in [-0.3, -0.25) is 4.79 Å². The Balaban J connectivity index is 3.61. The predicted octanol–water partition coefficient (Wildman–Crippen LogP) is 0.497. The maximum atomic E-state index is 10.8. The van der Waals surface area contributed by atoms with Gasteiger partial charge in [-0.2, -0.15) is 0 Å². The Kier molecular flexibility index (Phi) is 4.11. The second-order valence-electron chi connectivity index (χ2n) is 3.50. The molecule has 0 spiro atoms. The van der Waals surface area contributed by atoms with Crippen LogP contribution in [0.2, 0.25) is 0 Å². The van der Waals surface area contributed by atoms with Crippen LogP contribution in [0.4, 0.5) is 0 Å². The summed E-state index contributed by atoms with van der Waals surface area (Å²) in [6.07, 6.45) is 0.542. The van der Waals surface area contributed by atoms with Crippen molar-refractivity contribution in [2.24, 2.45) is 11.1 Å². The lowest BCUT2D eigenvalue weighted by Crippen LogP contribution is -2.38. The van der Waals surface area contributed by atoms with Crippen LogP contribution in [-0.2, 0) is 4.79 Å². The SMILES string of the molecule is CCC(=O)NCC(C)(C)CN. The molecule has 0 saturated heterocycles. The molecule has 0 aliphatic carbocycles. The molecule has 0 saturated carbocycles. The summed E-state index contributed by atoms with van der Waals surface area (Å²) in [7, 11) is 0. The van der Waals surface area contributed by atoms with Crippen molar-refractivity contribution in [2.45, 2.75) is 27.2 Å². The van der Waals surface area contributed by atoms with Gasteiger partial charge in [-0.05, 0) is 12.0 Å². The third-order valence-corrected chi connectivity index (χ3v) is 1.64. The van der Waals surface area contributed by atoms with Gasteiger partial charge in [-0.25, -0.2) is 0 Å². The van der Waals surface area contributed by atoms with Crippen molar-refractivity contribution in [2.75, 3.05) is 13.1 Å². The summed E-state index contributed by atoms with van der Waals surface area (Å²) in [6.45, 7) is 7.16. The van der Waals surface area contributed by atoms with E-state index >= 15 is 0 Å². The summed E-state index contributed by atoms with van der Waals surface area (Å²) < 4.78 is 0. The molecule has 11 heavy (non-hydrogen) atoms. The van der Waals surface area contributed by atoms with Crippen LogP contribution in [0.5, 0.6) is 0 Å². The topological polar surface area (TPSA) is 55.1 Å². The van der Waals surface area contributed by atoms with Crippen molar-refractivity contribution in [3.05, 3.63) is 0 Å². The van der Waals surface area contributed by atoms with Gasteiger partial charge < -0.3 is 11.1 Å². The summed E-state index contributed by atoms with van der Waals surface area (Å²) in [5.74, 6) is 0.0894. The first-order valence-electron chi connectivity index (χ1n) is 3.98. The number of hydrogen-bond donors (Lipinski definition) is 2. The number of carbonyl (C=O) groups is 1. The molecule has 3 N–H and O–H groups in total. The molecule has 66 valence electrons. The minimum absolute atomic E-state index is 0.0187. The van der Waals surface area contributed by atoms with Crippen molar-refractivity contribution < 1.29 is 4.79 Å². The van der Waals surface area contributed by atoms with Gasteiger partial charge in [0.1, 0.15) is 0 Å². The van der Waals surface area contributed by atoms with Crippen molar-refractivity contribution >= 4 is 5.91 Å². The van der Waals surface area contributed by atoms with Gasteiger partial charge in [0.2, 0.25) is 5.91 Å². The molecular formula is C8H18N2O. The average molecular weight is 158 g/mol. The first-order chi connectivity index (χ1) is 5.02. The highest BCUT2D eigenvalue weighted by Gasteiger charge is 2.15. The van der Waals surface area contributed by atoms with Gasteiger partial charge >= 0.3 is 0 Å². The zero-order chi connectivity index (χ0) is 8.91. The van der Waals surface area contributed by atoms with Crippen LogP contribution in [-0.4, -0.2) is 19.0 Å². The van der Waals surface area contributed by atoms with Crippen LogP contribution in [0.3, 0.4) is 0 Å². The molecule has 0 unspecified atom stereocenters. The van der Waals surface area contributed by atoms with Crippen LogP contribution in [0.25, 0.3) is 0 Å². The molecule has 0 aliphatic heterocycles. The van der Waals surface area contributed by atoms with Gasteiger partial charge in [-0.1, -0.05) is 20.8 Å². The van der Waals surface area contributed by atoms with Crippen molar-refractivity contribution in [3.63, 3.8) is 0 Å². The van der Waals surface area contributed by atoms with Crippen LogP contribution in [0.15, 0.2) is 0 Å². The fourth-order valence-electron chi connectivity index (χ4n) is 0.535. The van der Waals surface area contributed by atoms with Gasteiger partial charge in [-0.15, -0.1) is 0 Å². The average Bonchev–Trinajstić information content (AvgIpc) is 2.00.